The van der Waals surface area contributed by atoms with E-state index in [2.05, 4.69) is 10.6 Å². The molecule has 1 aliphatic rings. The number of carboxylic acid groups (broad SMARTS) is 1. The molecule has 0 aromatic rings. The molecule has 4 atom stereocenters. The van der Waals surface area contributed by atoms with Gasteiger partial charge in [0.15, 0.2) is 0 Å². The summed E-state index contributed by atoms with van der Waals surface area (Å²) in [5.74, 6) is -2.30. The third kappa shape index (κ3) is 6.67. The van der Waals surface area contributed by atoms with Gasteiger partial charge in [-0.25, -0.2) is 4.79 Å². The Hall–Kier alpha value is -1.85. The number of hydrogen-bond acceptors (Lipinski definition) is 7. The Kier molecular flexibility index (Phi) is 9.53. The molecule has 154 valence electrons. The molecule has 6 N–H and O–H groups in total. The molecule has 10 nitrogen and oxygen atoms in total. The number of nitrogens with zero attached hydrogens (tertiary/aromatic N) is 1. The minimum Gasteiger partial charge on any atom is -0.480 e. The van der Waals surface area contributed by atoms with E-state index in [9.17, 15) is 29.4 Å². The molecule has 1 fully saturated rings. The smallest absolute Gasteiger partial charge is 0.326 e. The molecule has 1 saturated heterocycles. The molecule has 0 radical (unpaired) electrons. The molecule has 0 aromatic heterocycles. The first-order valence-electron chi connectivity index (χ1n) is 8.72. The molecule has 0 spiro atoms. The Morgan fingerprint density at radius 1 is 1.26 bits per heavy atom. The summed E-state index contributed by atoms with van der Waals surface area (Å²) in [5.41, 5.74) is 5.45. The third-order valence-corrected chi connectivity index (χ3v) is 4.92. The van der Waals surface area contributed by atoms with Crippen LogP contribution in [0.25, 0.3) is 0 Å². The molecule has 0 bridgehead atoms. The van der Waals surface area contributed by atoms with E-state index in [0.29, 0.717) is 18.6 Å². The molecule has 1 heterocycles. The number of amides is 3. The van der Waals surface area contributed by atoms with Crippen molar-refractivity contribution >= 4 is 35.5 Å². The van der Waals surface area contributed by atoms with Crippen LogP contribution in [0.5, 0.6) is 0 Å². The molecule has 11 heteroatoms. The van der Waals surface area contributed by atoms with Gasteiger partial charge in [-0.05, 0) is 38.2 Å². The second-order valence-corrected chi connectivity index (χ2v) is 7.39. The largest absolute Gasteiger partial charge is 0.480 e. The van der Waals surface area contributed by atoms with Gasteiger partial charge in [-0.15, -0.1) is 0 Å². The van der Waals surface area contributed by atoms with Gasteiger partial charge in [0, 0.05) is 6.54 Å². The summed E-state index contributed by atoms with van der Waals surface area (Å²) < 4.78 is 0. The van der Waals surface area contributed by atoms with Crippen LogP contribution in [0.4, 0.5) is 0 Å². The van der Waals surface area contributed by atoms with E-state index in [1.807, 2.05) is 6.26 Å². The number of nitrogens with two attached hydrogens (primary N) is 1. The van der Waals surface area contributed by atoms with Gasteiger partial charge in [0.1, 0.15) is 18.1 Å². The third-order valence-electron chi connectivity index (χ3n) is 4.27. The second kappa shape index (κ2) is 11.1. The van der Waals surface area contributed by atoms with Crippen molar-refractivity contribution in [1.82, 2.24) is 15.5 Å². The quantitative estimate of drug-likeness (QED) is 0.283. The van der Waals surface area contributed by atoms with E-state index in [1.54, 1.807) is 0 Å². The van der Waals surface area contributed by atoms with Crippen LogP contribution in [0, 0.1) is 0 Å². The van der Waals surface area contributed by atoms with Crippen LogP contribution >= 0.6 is 11.8 Å². The zero-order valence-corrected chi connectivity index (χ0v) is 16.3. The predicted molar refractivity (Wildman–Crippen MR) is 100.0 cm³/mol. The van der Waals surface area contributed by atoms with Gasteiger partial charge in [0.05, 0.1) is 12.6 Å². The lowest BCUT2D eigenvalue weighted by Gasteiger charge is -2.29. The topological polar surface area (TPSA) is 162 Å². The van der Waals surface area contributed by atoms with E-state index in [1.165, 1.54) is 23.6 Å². The number of nitrogens with one attached hydrogen (secondary N) is 2. The number of carboxylic acids is 1. The summed E-state index contributed by atoms with van der Waals surface area (Å²) in [4.78, 5) is 49.5. The zero-order valence-electron chi connectivity index (χ0n) is 15.5. The summed E-state index contributed by atoms with van der Waals surface area (Å²) in [5, 5.41) is 23.5. The molecular formula is C16H28N4O6S. The van der Waals surface area contributed by atoms with Crippen LogP contribution in [-0.4, -0.2) is 88.1 Å². The Balaban J connectivity index is 2.80. The first kappa shape index (κ1) is 23.2. The summed E-state index contributed by atoms with van der Waals surface area (Å²) in [6.45, 7) is 1.10. The van der Waals surface area contributed by atoms with Gasteiger partial charge >= 0.3 is 5.97 Å². The molecule has 27 heavy (non-hydrogen) atoms. The van der Waals surface area contributed by atoms with Crippen molar-refractivity contribution in [3.63, 3.8) is 0 Å². The number of likely N-dealkylation sites (tertiary alicyclic amines) is 1. The van der Waals surface area contributed by atoms with Gasteiger partial charge in [0.25, 0.3) is 0 Å². The summed E-state index contributed by atoms with van der Waals surface area (Å²) in [6.07, 6.45) is 3.05. The van der Waals surface area contributed by atoms with Crippen LogP contribution in [0.15, 0.2) is 0 Å². The van der Waals surface area contributed by atoms with E-state index in [-0.39, 0.29) is 13.0 Å². The minimum absolute atomic E-state index is 0.270. The lowest BCUT2D eigenvalue weighted by molar-refractivity contribution is -0.145. The fourth-order valence-corrected chi connectivity index (χ4v) is 3.22. The Labute approximate surface area is 162 Å². The van der Waals surface area contributed by atoms with E-state index >= 15 is 0 Å². The van der Waals surface area contributed by atoms with E-state index in [4.69, 9.17) is 5.73 Å². The lowest BCUT2D eigenvalue weighted by atomic mass is 10.1. The highest BCUT2D eigenvalue weighted by molar-refractivity contribution is 7.98. The fourth-order valence-electron chi connectivity index (χ4n) is 2.75. The minimum atomic E-state index is -1.20. The zero-order chi connectivity index (χ0) is 20.6. The summed E-state index contributed by atoms with van der Waals surface area (Å²) in [6, 6.07) is -3.93. The number of hydrogen-bond donors (Lipinski definition) is 5. The molecule has 0 saturated carbocycles. The van der Waals surface area contributed by atoms with Crippen molar-refractivity contribution in [2.24, 2.45) is 5.73 Å². The van der Waals surface area contributed by atoms with Crippen LogP contribution in [0.2, 0.25) is 0 Å². The van der Waals surface area contributed by atoms with Crippen molar-refractivity contribution in [3.05, 3.63) is 0 Å². The van der Waals surface area contributed by atoms with E-state index < -0.39 is 54.5 Å². The summed E-state index contributed by atoms with van der Waals surface area (Å²) >= 11 is 1.47. The maximum atomic E-state index is 12.7. The number of carbonyl (C=O) groups excluding carboxylic acids is 3. The molecule has 0 aromatic carbocycles. The summed E-state index contributed by atoms with van der Waals surface area (Å²) in [7, 11) is 0. The fraction of sp³-hybridized carbons (Fsp3) is 0.750. The van der Waals surface area contributed by atoms with Gasteiger partial charge in [0.2, 0.25) is 17.7 Å². The molecule has 1 rings (SSSR count). The Morgan fingerprint density at radius 3 is 2.44 bits per heavy atom. The number of thioether (sulfide) groups is 1. The maximum absolute atomic E-state index is 12.7. The van der Waals surface area contributed by atoms with Crippen LogP contribution in [-0.2, 0) is 19.2 Å². The molecule has 4 unspecified atom stereocenters. The monoisotopic (exact) mass is 404 g/mol. The first-order chi connectivity index (χ1) is 12.7. The highest BCUT2D eigenvalue weighted by Crippen LogP contribution is 2.19. The number of rotatable bonds is 10. The maximum Gasteiger partial charge on any atom is 0.326 e. The van der Waals surface area contributed by atoms with Crippen molar-refractivity contribution in [2.45, 2.75) is 50.4 Å². The average Bonchev–Trinajstić information content (AvgIpc) is 3.11. The number of carbonyl (C=O) groups is 4. The first-order valence-corrected chi connectivity index (χ1v) is 10.1. The van der Waals surface area contributed by atoms with Crippen LogP contribution in [0.1, 0.15) is 26.2 Å². The van der Waals surface area contributed by atoms with Crippen molar-refractivity contribution < 1.29 is 29.4 Å². The Bertz CT molecular complexity index is 559. The predicted octanol–water partition coefficient (Wildman–Crippen LogP) is -1.88. The molecule has 0 aliphatic carbocycles. The SMILES string of the molecule is CSCCC(NC(=O)C1CCCN1C(=O)C(CO)NC(=O)C(C)N)C(=O)O. The van der Waals surface area contributed by atoms with Crippen LogP contribution in [0.3, 0.4) is 0 Å². The van der Waals surface area contributed by atoms with Gasteiger partial charge in [-0.1, -0.05) is 0 Å². The lowest BCUT2D eigenvalue weighted by Crippen LogP contribution is -2.57. The van der Waals surface area contributed by atoms with Crippen LogP contribution < -0.4 is 16.4 Å². The van der Waals surface area contributed by atoms with Gasteiger partial charge < -0.3 is 31.5 Å². The number of aliphatic carboxylic acids is 1. The highest BCUT2D eigenvalue weighted by Gasteiger charge is 2.38. The van der Waals surface area contributed by atoms with Crippen molar-refractivity contribution in [3.8, 4) is 0 Å². The van der Waals surface area contributed by atoms with Crippen molar-refractivity contribution in [1.29, 1.82) is 0 Å². The van der Waals surface area contributed by atoms with Crippen molar-refractivity contribution in [2.75, 3.05) is 25.2 Å². The van der Waals surface area contributed by atoms with E-state index in [0.717, 1.165) is 0 Å². The highest BCUT2D eigenvalue weighted by atomic mass is 32.2. The second-order valence-electron chi connectivity index (χ2n) is 6.40. The Morgan fingerprint density at radius 2 is 1.93 bits per heavy atom. The molecule has 3 amide bonds. The normalized spacial score (nSPS) is 19.9. The number of aliphatic hydroxyl groups excluding tert-OH is 1. The standard InChI is InChI=1S/C16H28N4O6S/c1-9(17)13(22)19-11(8-21)15(24)20-6-3-4-12(20)14(23)18-10(16(25)26)5-7-27-2/h9-12,21H,3-8,17H2,1-2H3,(H,18,23)(H,19,22)(H,25,26). The number of aliphatic hydroxyl groups is 1. The van der Waals surface area contributed by atoms with Gasteiger partial charge in [-0.3, -0.25) is 14.4 Å². The van der Waals surface area contributed by atoms with Gasteiger partial charge in [-0.2, -0.15) is 11.8 Å². The average molecular weight is 404 g/mol. The molecular weight excluding hydrogens is 376 g/mol. The molecule has 1 aliphatic heterocycles.